The Morgan fingerprint density at radius 2 is 2.00 bits per heavy atom. The first-order chi connectivity index (χ1) is 8.35. The first kappa shape index (κ1) is 14.3. The minimum absolute atomic E-state index is 0.252. The standard InChI is InChI=1S/C12H18ClNO2S2/c1-12(2)3-5-14(6-4-12)18(15,16)11-7-10(8-13)17-9-11/h7,9H,3-6,8H2,1-2H3. The maximum atomic E-state index is 12.4. The number of piperidine rings is 1. The van der Waals surface area contributed by atoms with Gasteiger partial charge in [0.2, 0.25) is 10.0 Å². The number of sulfonamides is 1. The van der Waals surface area contributed by atoms with Crippen molar-refractivity contribution in [2.45, 2.75) is 37.5 Å². The van der Waals surface area contributed by atoms with E-state index in [0.29, 0.717) is 23.9 Å². The number of rotatable bonds is 3. The molecule has 0 atom stereocenters. The molecule has 102 valence electrons. The lowest BCUT2D eigenvalue weighted by Gasteiger charge is -2.35. The lowest BCUT2D eigenvalue weighted by Crippen LogP contribution is -2.40. The number of nitrogens with zero attached hydrogens (tertiary/aromatic N) is 1. The summed E-state index contributed by atoms with van der Waals surface area (Å²) in [6.07, 6.45) is 1.83. The SMILES string of the molecule is CC1(C)CCN(S(=O)(=O)c2csc(CCl)c2)CC1. The molecule has 6 heteroatoms. The molecule has 2 heterocycles. The molecule has 0 aromatic carbocycles. The van der Waals surface area contributed by atoms with E-state index < -0.39 is 10.0 Å². The van der Waals surface area contributed by atoms with Crippen molar-refractivity contribution in [2.75, 3.05) is 13.1 Å². The predicted octanol–water partition coefficient (Wildman–Crippen LogP) is 3.30. The minimum Gasteiger partial charge on any atom is -0.207 e. The predicted molar refractivity (Wildman–Crippen MR) is 75.6 cm³/mol. The summed E-state index contributed by atoms with van der Waals surface area (Å²) < 4.78 is 26.4. The lowest BCUT2D eigenvalue weighted by atomic mass is 9.83. The Kier molecular flexibility index (Phi) is 4.07. The molecular formula is C12H18ClNO2S2. The summed E-state index contributed by atoms with van der Waals surface area (Å²) in [6, 6.07) is 1.69. The smallest absolute Gasteiger partial charge is 0.207 e. The molecule has 1 aromatic heterocycles. The average molecular weight is 308 g/mol. The zero-order chi connectivity index (χ0) is 13.4. The van der Waals surface area contributed by atoms with Gasteiger partial charge in [0.05, 0.1) is 10.8 Å². The number of hydrogen-bond donors (Lipinski definition) is 0. The summed E-state index contributed by atoms with van der Waals surface area (Å²) in [7, 11) is -3.32. The molecule has 0 N–H and O–H groups in total. The zero-order valence-corrected chi connectivity index (χ0v) is 13.0. The Bertz CT molecular complexity index is 512. The molecule has 1 saturated heterocycles. The second-order valence-corrected chi connectivity index (χ2v) is 8.65. The van der Waals surface area contributed by atoms with Gasteiger partial charge in [0.1, 0.15) is 0 Å². The van der Waals surface area contributed by atoms with E-state index in [2.05, 4.69) is 13.8 Å². The van der Waals surface area contributed by atoms with Crippen LogP contribution in [0.3, 0.4) is 0 Å². The fourth-order valence-corrected chi connectivity index (χ4v) is 4.86. The van der Waals surface area contributed by atoms with Crippen molar-refractivity contribution in [1.29, 1.82) is 0 Å². The highest BCUT2D eigenvalue weighted by atomic mass is 35.5. The normalized spacial score (nSPS) is 21.1. The van der Waals surface area contributed by atoms with Crippen LogP contribution in [0.5, 0.6) is 0 Å². The van der Waals surface area contributed by atoms with Crippen LogP contribution in [0.2, 0.25) is 0 Å². The van der Waals surface area contributed by atoms with Crippen LogP contribution in [0.1, 0.15) is 31.6 Å². The quantitative estimate of drug-likeness (QED) is 0.804. The molecule has 0 radical (unpaired) electrons. The van der Waals surface area contributed by atoms with Crippen LogP contribution in [-0.4, -0.2) is 25.8 Å². The molecule has 0 unspecified atom stereocenters. The Hall–Kier alpha value is -0.100. The van der Waals surface area contributed by atoms with Crippen molar-refractivity contribution in [3.8, 4) is 0 Å². The number of hydrogen-bond acceptors (Lipinski definition) is 3. The van der Waals surface area contributed by atoms with E-state index in [1.54, 1.807) is 15.8 Å². The molecular weight excluding hydrogens is 290 g/mol. The molecule has 1 aliphatic rings. The summed E-state index contributed by atoms with van der Waals surface area (Å²) in [4.78, 5) is 1.29. The van der Waals surface area contributed by atoms with E-state index in [4.69, 9.17) is 11.6 Å². The van der Waals surface area contributed by atoms with Gasteiger partial charge in [-0.1, -0.05) is 13.8 Å². The van der Waals surface area contributed by atoms with E-state index in [9.17, 15) is 8.42 Å². The summed E-state index contributed by atoms with van der Waals surface area (Å²) in [5.74, 6) is 0.368. The number of thiophene rings is 1. The maximum Gasteiger partial charge on any atom is 0.243 e. The minimum atomic E-state index is -3.32. The third-order valence-electron chi connectivity index (χ3n) is 3.48. The first-order valence-corrected chi connectivity index (χ1v) is 8.84. The van der Waals surface area contributed by atoms with Gasteiger partial charge in [0.25, 0.3) is 0 Å². The van der Waals surface area contributed by atoms with Gasteiger partial charge in [-0.2, -0.15) is 4.31 Å². The van der Waals surface area contributed by atoms with E-state index in [0.717, 1.165) is 17.7 Å². The van der Waals surface area contributed by atoms with Crippen LogP contribution in [0.25, 0.3) is 0 Å². The van der Waals surface area contributed by atoms with Crippen LogP contribution >= 0.6 is 22.9 Å². The van der Waals surface area contributed by atoms with Crippen molar-refractivity contribution in [3.05, 3.63) is 16.3 Å². The molecule has 0 spiro atoms. The van der Waals surface area contributed by atoms with Crippen LogP contribution < -0.4 is 0 Å². The van der Waals surface area contributed by atoms with Crippen molar-refractivity contribution >= 4 is 33.0 Å². The number of halogens is 1. The van der Waals surface area contributed by atoms with Crippen LogP contribution in [0.15, 0.2) is 16.3 Å². The largest absolute Gasteiger partial charge is 0.243 e. The van der Waals surface area contributed by atoms with Gasteiger partial charge in [-0.15, -0.1) is 22.9 Å². The van der Waals surface area contributed by atoms with Gasteiger partial charge in [-0.05, 0) is 24.3 Å². The molecule has 3 nitrogen and oxygen atoms in total. The Morgan fingerprint density at radius 3 is 2.50 bits per heavy atom. The summed E-state index contributed by atoms with van der Waals surface area (Å²) in [5.41, 5.74) is 0.252. The Labute approximate surface area is 118 Å². The van der Waals surface area contributed by atoms with Gasteiger partial charge in [-0.3, -0.25) is 0 Å². The molecule has 0 saturated carbocycles. The van der Waals surface area contributed by atoms with E-state index in [1.807, 2.05) is 0 Å². The highest BCUT2D eigenvalue weighted by Gasteiger charge is 2.33. The fraction of sp³-hybridized carbons (Fsp3) is 0.667. The summed E-state index contributed by atoms with van der Waals surface area (Å²) in [5, 5.41) is 1.69. The highest BCUT2D eigenvalue weighted by molar-refractivity contribution is 7.89. The monoisotopic (exact) mass is 307 g/mol. The summed E-state index contributed by atoms with van der Waals surface area (Å²) in [6.45, 7) is 5.60. The average Bonchev–Trinajstić information content (AvgIpc) is 2.77. The molecule has 0 bridgehead atoms. The summed E-state index contributed by atoms with van der Waals surface area (Å²) >= 11 is 7.12. The first-order valence-electron chi connectivity index (χ1n) is 5.99. The maximum absolute atomic E-state index is 12.4. The molecule has 18 heavy (non-hydrogen) atoms. The fourth-order valence-electron chi connectivity index (χ4n) is 2.05. The number of alkyl halides is 1. The molecule has 1 aromatic rings. The van der Waals surface area contributed by atoms with E-state index in [-0.39, 0.29) is 5.41 Å². The van der Waals surface area contributed by atoms with Gasteiger partial charge in [0, 0.05) is 23.3 Å². The van der Waals surface area contributed by atoms with Gasteiger partial charge in [0.15, 0.2) is 0 Å². The zero-order valence-electron chi connectivity index (χ0n) is 10.6. The second kappa shape index (κ2) is 5.12. The molecule has 1 aliphatic heterocycles. The van der Waals surface area contributed by atoms with Crippen molar-refractivity contribution in [2.24, 2.45) is 5.41 Å². The van der Waals surface area contributed by atoms with Gasteiger partial charge in [-0.25, -0.2) is 8.42 Å². The molecule has 0 amide bonds. The van der Waals surface area contributed by atoms with E-state index >= 15 is 0 Å². The van der Waals surface area contributed by atoms with Crippen molar-refractivity contribution < 1.29 is 8.42 Å². The highest BCUT2D eigenvalue weighted by Crippen LogP contribution is 2.33. The molecule has 0 aliphatic carbocycles. The third kappa shape index (κ3) is 2.90. The topological polar surface area (TPSA) is 37.4 Å². The second-order valence-electron chi connectivity index (χ2n) is 5.45. The van der Waals surface area contributed by atoms with Crippen LogP contribution in [0.4, 0.5) is 0 Å². The molecule has 1 fully saturated rings. The third-order valence-corrected chi connectivity index (χ3v) is 6.88. The van der Waals surface area contributed by atoms with Gasteiger partial charge < -0.3 is 0 Å². The Morgan fingerprint density at radius 1 is 1.39 bits per heavy atom. The lowest BCUT2D eigenvalue weighted by molar-refractivity contribution is 0.196. The molecule has 2 rings (SSSR count). The van der Waals surface area contributed by atoms with E-state index in [1.165, 1.54) is 11.3 Å². The van der Waals surface area contributed by atoms with Crippen LogP contribution in [0, 0.1) is 5.41 Å². The Balaban J connectivity index is 2.17. The van der Waals surface area contributed by atoms with Crippen molar-refractivity contribution in [3.63, 3.8) is 0 Å². The van der Waals surface area contributed by atoms with Gasteiger partial charge >= 0.3 is 0 Å². The van der Waals surface area contributed by atoms with Crippen LogP contribution in [-0.2, 0) is 15.9 Å². The van der Waals surface area contributed by atoms with Crippen molar-refractivity contribution in [1.82, 2.24) is 4.31 Å².